The van der Waals surface area contributed by atoms with Gasteiger partial charge in [-0.25, -0.2) is 0 Å². The monoisotopic (exact) mass is 227 g/mol. The van der Waals surface area contributed by atoms with E-state index in [9.17, 15) is 4.79 Å². The molecule has 0 saturated carbocycles. The third kappa shape index (κ3) is 2.74. The minimum atomic E-state index is -0.524. The van der Waals surface area contributed by atoms with Gasteiger partial charge in [0.2, 0.25) is 5.91 Å². The third-order valence-corrected chi connectivity index (χ3v) is 3.62. The lowest BCUT2D eigenvalue weighted by atomic mass is 9.99. The van der Waals surface area contributed by atoms with Crippen LogP contribution in [0.4, 0.5) is 0 Å². The summed E-state index contributed by atoms with van der Waals surface area (Å²) in [5.41, 5.74) is 5.11. The average Bonchev–Trinajstić information content (AvgIpc) is 2.16. The van der Waals surface area contributed by atoms with Gasteiger partial charge < -0.3 is 5.73 Å². The number of nitrogens with zero attached hydrogens (tertiary/aromatic N) is 2. The number of rotatable bonds is 2. The molecule has 0 unspecified atom stereocenters. The molecule has 94 valence electrons. The first-order chi connectivity index (χ1) is 7.15. The highest BCUT2D eigenvalue weighted by atomic mass is 16.1. The zero-order valence-corrected chi connectivity index (χ0v) is 11.2. The third-order valence-electron chi connectivity index (χ3n) is 3.62. The molecule has 1 amide bonds. The van der Waals surface area contributed by atoms with Gasteiger partial charge >= 0.3 is 0 Å². The van der Waals surface area contributed by atoms with Gasteiger partial charge in [0.25, 0.3) is 0 Å². The van der Waals surface area contributed by atoms with Crippen molar-refractivity contribution in [3.8, 4) is 0 Å². The van der Waals surface area contributed by atoms with E-state index in [2.05, 4.69) is 30.6 Å². The molecule has 1 fully saturated rings. The second kappa shape index (κ2) is 4.34. The molecule has 1 aliphatic heterocycles. The van der Waals surface area contributed by atoms with Crippen molar-refractivity contribution in [1.82, 2.24) is 9.80 Å². The molecular formula is C12H25N3O. The molecule has 0 radical (unpaired) electrons. The molecule has 0 aliphatic carbocycles. The van der Waals surface area contributed by atoms with Crippen LogP contribution in [0.15, 0.2) is 0 Å². The first kappa shape index (κ1) is 13.5. The van der Waals surface area contributed by atoms with E-state index in [1.54, 1.807) is 0 Å². The Bertz CT molecular complexity index is 260. The van der Waals surface area contributed by atoms with Crippen LogP contribution in [-0.4, -0.2) is 53.0 Å². The Morgan fingerprint density at radius 2 is 1.31 bits per heavy atom. The Balaban J connectivity index is 2.59. The number of carbonyl (C=O) groups is 1. The first-order valence-electron chi connectivity index (χ1n) is 5.95. The molecule has 2 N–H and O–H groups in total. The number of carbonyl (C=O) groups excluding carboxylic acids is 1. The van der Waals surface area contributed by atoms with E-state index in [0.717, 1.165) is 26.2 Å². The predicted octanol–water partition coefficient (Wildman–Crippen LogP) is 0.666. The van der Waals surface area contributed by atoms with Gasteiger partial charge in [0, 0.05) is 31.7 Å². The SMILES string of the molecule is CC(C)(C)N1CCN(C(C)(C)C(N)=O)CC1. The highest BCUT2D eigenvalue weighted by Gasteiger charge is 2.36. The summed E-state index contributed by atoms with van der Waals surface area (Å²) in [5, 5.41) is 0. The Hall–Kier alpha value is -0.610. The molecule has 0 aromatic rings. The lowest BCUT2D eigenvalue weighted by Gasteiger charge is -2.46. The van der Waals surface area contributed by atoms with Crippen LogP contribution in [0.1, 0.15) is 34.6 Å². The summed E-state index contributed by atoms with van der Waals surface area (Å²) in [7, 11) is 0. The molecule has 0 atom stereocenters. The summed E-state index contributed by atoms with van der Waals surface area (Å²) < 4.78 is 0. The Labute approximate surface area is 98.8 Å². The lowest BCUT2D eigenvalue weighted by Crippen LogP contribution is -2.61. The molecular weight excluding hydrogens is 202 g/mol. The van der Waals surface area contributed by atoms with Crippen molar-refractivity contribution < 1.29 is 4.79 Å². The van der Waals surface area contributed by atoms with Gasteiger partial charge in [-0.15, -0.1) is 0 Å². The number of primary amides is 1. The summed E-state index contributed by atoms with van der Waals surface area (Å²) >= 11 is 0. The molecule has 0 spiro atoms. The zero-order valence-electron chi connectivity index (χ0n) is 11.2. The average molecular weight is 227 g/mol. The maximum Gasteiger partial charge on any atom is 0.237 e. The van der Waals surface area contributed by atoms with Gasteiger partial charge in [-0.1, -0.05) is 0 Å². The van der Waals surface area contributed by atoms with Crippen LogP contribution in [0.3, 0.4) is 0 Å². The minimum Gasteiger partial charge on any atom is -0.368 e. The summed E-state index contributed by atoms with van der Waals surface area (Å²) in [5.74, 6) is -0.239. The van der Waals surface area contributed by atoms with E-state index in [-0.39, 0.29) is 11.4 Å². The molecule has 0 bridgehead atoms. The lowest BCUT2D eigenvalue weighted by molar-refractivity contribution is -0.130. The maximum absolute atomic E-state index is 11.4. The smallest absolute Gasteiger partial charge is 0.237 e. The van der Waals surface area contributed by atoms with Crippen molar-refractivity contribution in [1.29, 1.82) is 0 Å². The van der Waals surface area contributed by atoms with E-state index in [4.69, 9.17) is 5.73 Å². The van der Waals surface area contributed by atoms with Crippen LogP contribution < -0.4 is 5.73 Å². The van der Waals surface area contributed by atoms with Gasteiger partial charge in [0.15, 0.2) is 0 Å². The standard InChI is InChI=1S/C12H25N3O/c1-11(2,3)14-6-8-15(9-7-14)12(4,5)10(13)16/h6-9H2,1-5H3,(H2,13,16). The predicted molar refractivity (Wildman–Crippen MR) is 66.2 cm³/mol. The van der Waals surface area contributed by atoms with Crippen LogP contribution in [-0.2, 0) is 4.79 Å². The van der Waals surface area contributed by atoms with E-state index < -0.39 is 5.54 Å². The number of piperazine rings is 1. The van der Waals surface area contributed by atoms with E-state index in [1.807, 2.05) is 13.8 Å². The molecule has 4 heteroatoms. The quantitative estimate of drug-likeness (QED) is 0.754. The number of nitrogens with two attached hydrogens (primary N) is 1. The second-order valence-electron chi connectivity index (χ2n) is 6.07. The van der Waals surface area contributed by atoms with Gasteiger partial charge in [0.1, 0.15) is 0 Å². The number of hydrogen-bond acceptors (Lipinski definition) is 3. The largest absolute Gasteiger partial charge is 0.368 e. The zero-order chi connectivity index (χ0) is 12.6. The highest BCUT2D eigenvalue weighted by molar-refractivity contribution is 5.83. The molecule has 0 aromatic heterocycles. The van der Waals surface area contributed by atoms with Crippen molar-refractivity contribution in [3.63, 3.8) is 0 Å². The van der Waals surface area contributed by atoms with Crippen LogP contribution in [0.25, 0.3) is 0 Å². The number of hydrogen-bond donors (Lipinski definition) is 1. The molecule has 1 rings (SSSR count). The first-order valence-corrected chi connectivity index (χ1v) is 5.95. The van der Waals surface area contributed by atoms with Crippen LogP contribution >= 0.6 is 0 Å². The Morgan fingerprint density at radius 3 is 1.62 bits per heavy atom. The van der Waals surface area contributed by atoms with Crippen molar-refractivity contribution in [2.24, 2.45) is 5.73 Å². The fourth-order valence-electron chi connectivity index (χ4n) is 2.09. The minimum absolute atomic E-state index is 0.211. The molecule has 0 aromatic carbocycles. The fraction of sp³-hybridized carbons (Fsp3) is 0.917. The second-order valence-corrected chi connectivity index (χ2v) is 6.07. The Morgan fingerprint density at radius 1 is 0.938 bits per heavy atom. The highest BCUT2D eigenvalue weighted by Crippen LogP contribution is 2.20. The summed E-state index contributed by atoms with van der Waals surface area (Å²) in [6, 6.07) is 0. The van der Waals surface area contributed by atoms with Gasteiger partial charge in [-0.05, 0) is 34.6 Å². The van der Waals surface area contributed by atoms with Crippen molar-refractivity contribution in [2.45, 2.75) is 45.7 Å². The fourth-order valence-corrected chi connectivity index (χ4v) is 2.09. The summed E-state index contributed by atoms with van der Waals surface area (Å²) in [6.45, 7) is 14.3. The van der Waals surface area contributed by atoms with E-state index in [0.29, 0.717) is 0 Å². The van der Waals surface area contributed by atoms with E-state index >= 15 is 0 Å². The van der Waals surface area contributed by atoms with Crippen molar-refractivity contribution in [2.75, 3.05) is 26.2 Å². The molecule has 1 saturated heterocycles. The molecule has 1 aliphatic rings. The van der Waals surface area contributed by atoms with Crippen LogP contribution in [0.2, 0.25) is 0 Å². The van der Waals surface area contributed by atoms with Gasteiger partial charge in [-0.3, -0.25) is 14.6 Å². The van der Waals surface area contributed by atoms with Gasteiger partial charge in [-0.2, -0.15) is 0 Å². The summed E-state index contributed by atoms with van der Waals surface area (Å²) in [4.78, 5) is 16.0. The number of amides is 1. The topological polar surface area (TPSA) is 49.6 Å². The Kier molecular flexibility index (Phi) is 3.65. The van der Waals surface area contributed by atoms with Crippen molar-refractivity contribution >= 4 is 5.91 Å². The van der Waals surface area contributed by atoms with Crippen LogP contribution in [0, 0.1) is 0 Å². The van der Waals surface area contributed by atoms with Crippen LogP contribution in [0.5, 0.6) is 0 Å². The maximum atomic E-state index is 11.4. The summed E-state index contributed by atoms with van der Waals surface area (Å²) in [6.07, 6.45) is 0. The molecule has 1 heterocycles. The van der Waals surface area contributed by atoms with Crippen molar-refractivity contribution in [3.05, 3.63) is 0 Å². The van der Waals surface area contributed by atoms with Gasteiger partial charge in [0.05, 0.1) is 5.54 Å². The normalized spacial score (nSPS) is 21.1. The van der Waals surface area contributed by atoms with E-state index in [1.165, 1.54) is 0 Å². The molecule has 16 heavy (non-hydrogen) atoms. The molecule has 4 nitrogen and oxygen atoms in total.